The van der Waals surface area contributed by atoms with Crippen molar-refractivity contribution in [3.8, 4) is 23.0 Å². The minimum Gasteiger partial charge on any atom is -0.497 e. The van der Waals surface area contributed by atoms with Gasteiger partial charge in [0.1, 0.15) is 46.3 Å². The summed E-state index contributed by atoms with van der Waals surface area (Å²) in [5.41, 5.74) is -1.93. The topological polar surface area (TPSA) is 232 Å². The second kappa shape index (κ2) is 16.9. The number of carbonyl (C=O) groups excluding carboxylic acids is 4. The molecule has 0 aromatic heterocycles. The first-order chi connectivity index (χ1) is 22.8. The van der Waals surface area contributed by atoms with Crippen LogP contribution in [0.5, 0.6) is 23.0 Å². The van der Waals surface area contributed by atoms with E-state index in [0.717, 1.165) is 0 Å². The van der Waals surface area contributed by atoms with Crippen LogP contribution < -0.4 is 29.6 Å². The number of rotatable bonds is 16. The van der Waals surface area contributed by atoms with Gasteiger partial charge in [-0.1, -0.05) is 0 Å². The summed E-state index contributed by atoms with van der Waals surface area (Å²) in [6.07, 6.45) is -4.62. The zero-order valence-corrected chi connectivity index (χ0v) is 28.2. The first-order valence-corrected chi connectivity index (χ1v) is 14.5. The number of ether oxygens (including phenoxy) is 7. The molecule has 2 amide bonds. The van der Waals surface area contributed by atoms with Gasteiger partial charge in [0.05, 0.1) is 41.3 Å². The average Bonchev–Trinajstić information content (AvgIpc) is 3.02. The third kappa shape index (κ3) is 11.8. The van der Waals surface area contributed by atoms with E-state index in [1.54, 1.807) is 36.4 Å². The van der Waals surface area contributed by atoms with Crippen LogP contribution in [0.25, 0.3) is 0 Å². The van der Waals surface area contributed by atoms with Crippen LogP contribution in [-0.4, -0.2) is 86.8 Å². The summed E-state index contributed by atoms with van der Waals surface area (Å²) >= 11 is 0. The first kappa shape index (κ1) is 39.4. The van der Waals surface area contributed by atoms with Gasteiger partial charge in [-0.05, 0) is 52.0 Å². The summed E-state index contributed by atoms with van der Waals surface area (Å²) in [7, 11) is 5.68. The zero-order valence-electron chi connectivity index (χ0n) is 28.2. The van der Waals surface area contributed by atoms with E-state index in [2.05, 4.69) is 0 Å². The molecule has 0 saturated carbocycles. The number of esters is 2. The number of alkyl carbamates (subject to hydrolysis) is 2. The van der Waals surface area contributed by atoms with Crippen molar-refractivity contribution in [3.05, 3.63) is 47.5 Å². The van der Waals surface area contributed by atoms with Crippen molar-refractivity contribution in [1.29, 1.82) is 0 Å². The smallest absolute Gasteiger partial charge is 0.408 e. The molecule has 0 aliphatic carbocycles. The average molecular weight is 693 g/mol. The summed E-state index contributed by atoms with van der Waals surface area (Å²) in [4.78, 5) is 74.5. The lowest BCUT2D eigenvalue weighted by atomic mass is 9.97. The quantitative estimate of drug-likeness (QED) is 0.112. The number of carboxylic acids is 2. The second-order valence-corrected chi connectivity index (χ2v) is 11.3. The van der Waals surface area contributed by atoms with Crippen molar-refractivity contribution in [2.75, 3.05) is 28.4 Å². The molecule has 0 spiro atoms. The van der Waals surface area contributed by atoms with Gasteiger partial charge in [-0.25, -0.2) is 19.2 Å². The van der Waals surface area contributed by atoms with Crippen molar-refractivity contribution in [2.45, 2.75) is 63.8 Å². The molecule has 0 heterocycles. The highest BCUT2D eigenvalue weighted by Crippen LogP contribution is 2.33. The maximum absolute atomic E-state index is 12.9. The summed E-state index contributed by atoms with van der Waals surface area (Å²) in [5, 5.41) is 22.8. The molecule has 0 aliphatic rings. The van der Waals surface area contributed by atoms with Crippen LogP contribution in [-0.2, 0) is 44.6 Å². The standard InChI is InChI=1S/C32H40N2O15/c1-31(2,17-9-19(43-5)13-20(10-17)44-6)48-29(41)33-23(15-25(35)36)27(39)47-28(40)24(16-26(37)38)34-30(42)49-32(3,4)18-11-21(45-7)14-22(12-18)46-8/h9-14,23-24H,15-16H2,1-8H3,(H,33,41)(H,34,42)(H,35,36)(H,37,38)/t23-,24-/m0/s1. The lowest BCUT2D eigenvalue weighted by Crippen LogP contribution is -2.49. The third-order valence-corrected chi connectivity index (χ3v) is 6.90. The minimum atomic E-state index is -1.97. The van der Waals surface area contributed by atoms with Crippen molar-refractivity contribution in [1.82, 2.24) is 10.6 Å². The SMILES string of the molecule is COc1cc(OC)cc(C(C)(C)OC(=O)N[C@@H](CC(=O)O)C(=O)OC(=O)[C@H](CC(=O)O)NC(=O)OC(C)(C)c2cc(OC)cc(OC)c2)c1. The molecule has 49 heavy (non-hydrogen) atoms. The maximum Gasteiger partial charge on any atom is 0.408 e. The van der Waals surface area contributed by atoms with Gasteiger partial charge in [-0.3, -0.25) is 9.59 Å². The van der Waals surface area contributed by atoms with Crippen LogP contribution in [0.2, 0.25) is 0 Å². The Bertz CT molecular complexity index is 1390. The summed E-state index contributed by atoms with van der Waals surface area (Å²) in [6, 6.07) is 5.48. The number of hydrogen-bond acceptors (Lipinski definition) is 13. The van der Waals surface area contributed by atoms with Gasteiger partial charge in [0.2, 0.25) is 0 Å². The fourth-order valence-electron chi connectivity index (χ4n) is 4.21. The Kier molecular flexibility index (Phi) is 13.6. The lowest BCUT2D eigenvalue weighted by molar-refractivity contribution is -0.165. The highest BCUT2D eigenvalue weighted by Gasteiger charge is 2.36. The summed E-state index contributed by atoms with van der Waals surface area (Å²) in [5.74, 6) is -4.73. The molecule has 268 valence electrons. The second-order valence-electron chi connectivity index (χ2n) is 11.3. The number of methoxy groups -OCH3 is 4. The van der Waals surface area contributed by atoms with E-state index < -0.39 is 72.2 Å². The summed E-state index contributed by atoms with van der Waals surface area (Å²) < 4.78 is 36.5. The van der Waals surface area contributed by atoms with E-state index in [1.165, 1.54) is 56.1 Å². The van der Waals surface area contributed by atoms with Gasteiger partial charge in [-0.2, -0.15) is 0 Å². The van der Waals surface area contributed by atoms with Gasteiger partial charge < -0.3 is 54.0 Å². The highest BCUT2D eigenvalue weighted by atomic mass is 16.6. The molecule has 17 heteroatoms. The third-order valence-electron chi connectivity index (χ3n) is 6.90. The van der Waals surface area contributed by atoms with Crippen LogP contribution in [0.3, 0.4) is 0 Å². The highest BCUT2D eigenvalue weighted by molar-refractivity contribution is 5.96. The van der Waals surface area contributed by atoms with Gasteiger partial charge in [0.15, 0.2) is 0 Å². The first-order valence-electron chi connectivity index (χ1n) is 14.5. The molecular weight excluding hydrogens is 652 g/mol. The number of carboxylic acid groups (broad SMARTS) is 2. The van der Waals surface area contributed by atoms with Gasteiger partial charge in [0, 0.05) is 23.3 Å². The molecule has 0 fully saturated rings. The van der Waals surface area contributed by atoms with E-state index in [0.29, 0.717) is 34.1 Å². The Morgan fingerprint density at radius 2 is 0.857 bits per heavy atom. The van der Waals surface area contributed by atoms with Gasteiger partial charge in [-0.15, -0.1) is 0 Å². The van der Waals surface area contributed by atoms with Crippen LogP contribution in [0.4, 0.5) is 9.59 Å². The fraction of sp³-hybridized carbons (Fsp3) is 0.438. The molecule has 2 aromatic rings. The largest absolute Gasteiger partial charge is 0.497 e. The van der Waals surface area contributed by atoms with E-state index >= 15 is 0 Å². The zero-order chi connectivity index (χ0) is 37.1. The Balaban J connectivity index is 2.19. The molecule has 0 unspecified atom stereocenters. The molecule has 4 N–H and O–H groups in total. The van der Waals surface area contributed by atoms with E-state index in [-0.39, 0.29) is 0 Å². The minimum absolute atomic E-state index is 0.384. The van der Waals surface area contributed by atoms with Crippen LogP contribution in [0, 0.1) is 0 Å². The monoisotopic (exact) mass is 692 g/mol. The van der Waals surface area contributed by atoms with E-state index in [1.807, 2.05) is 10.6 Å². The van der Waals surface area contributed by atoms with Crippen LogP contribution >= 0.6 is 0 Å². The Morgan fingerprint density at radius 3 is 1.10 bits per heavy atom. The normalized spacial score (nSPS) is 12.3. The Labute approximate surface area is 281 Å². The lowest BCUT2D eigenvalue weighted by Gasteiger charge is -2.28. The van der Waals surface area contributed by atoms with Gasteiger partial charge in [0.25, 0.3) is 0 Å². The molecule has 17 nitrogen and oxygen atoms in total. The van der Waals surface area contributed by atoms with Crippen molar-refractivity contribution >= 4 is 36.1 Å². The number of amides is 2. The molecule has 2 rings (SSSR count). The van der Waals surface area contributed by atoms with Crippen molar-refractivity contribution in [2.24, 2.45) is 0 Å². The van der Waals surface area contributed by atoms with Crippen molar-refractivity contribution in [3.63, 3.8) is 0 Å². The molecule has 0 aliphatic heterocycles. The van der Waals surface area contributed by atoms with Crippen molar-refractivity contribution < 1.29 is 72.1 Å². The maximum atomic E-state index is 12.9. The molecular formula is C32H40N2O15. The van der Waals surface area contributed by atoms with E-state index in [9.17, 15) is 39.0 Å². The molecule has 0 bridgehead atoms. The number of aliphatic carboxylic acids is 2. The Morgan fingerprint density at radius 1 is 0.571 bits per heavy atom. The number of nitrogens with one attached hydrogen (secondary N) is 2. The molecule has 0 radical (unpaired) electrons. The molecule has 0 saturated heterocycles. The molecule has 2 aromatic carbocycles. The number of benzene rings is 2. The summed E-state index contributed by atoms with van der Waals surface area (Å²) in [6.45, 7) is 6.01. The Hall–Kier alpha value is -5.74. The fourth-order valence-corrected chi connectivity index (χ4v) is 4.21. The number of hydrogen-bond donors (Lipinski definition) is 4. The molecule has 2 atom stereocenters. The predicted octanol–water partition coefficient (Wildman–Crippen LogP) is 3.10. The van der Waals surface area contributed by atoms with Gasteiger partial charge >= 0.3 is 36.1 Å². The predicted molar refractivity (Wildman–Crippen MR) is 168 cm³/mol. The van der Waals surface area contributed by atoms with Crippen LogP contribution in [0.1, 0.15) is 51.7 Å². The van der Waals surface area contributed by atoms with E-state index in [4.69, 9.17) is 33.2 Å². The van der Waals surface area contributed by atoms with Crippen LogP contribution in [0.15, 0.2) is 36.4 Å². The number of carbonyl (C=O) groups is 6.